The Balaban J connectivity index is 1.78. The average molecular weight is 397 g/mol. The minimum Gasteiger partial charge on any atom is -0.369 e. The van der Waals surface area contributed by atoms with E-state index >= 15 is 0 Å². The molecule has 4 rings (SSSR count). The van der Waals surface area contributed by atoms with Crippen LogP contribution in [0.4, 0.5) is 17.3 Å². The van der Waals surface area contributed by atoms with Crippen LogP contribution in [0.3, 0.4) is 0 Å². The maximum Gasteiger partial charge on any atom is 0.172 e. The summed E-state index contributed by atoms with van der Waals surface area (Å²) in [6, 6.07) is 6.08. The van der Waals surface area contributed by atoms with Crippen molar-refractivity contribution in [3.8, 4) is 0 Å². The first-order valence-electron chi connectivity index (χ1n) is 10.4. The van der Waals surface area contributed by atoms with Crippen molar-refractivity contribution in [1.82, 2.24) is 24.7 Å². The minimum atomic E-state index is 0.865. The van der Waals surface area contributed by atoms with Gasteiger partial charge in [-0.2, -0.15) is 0 Å². The van der Waals surface area contributed by atoms with Crippen molar-refractivity contribution in [2.75, 3.05) is 90.3 Å². The van der Waals surface area contributed by atoms with Crippen LogP contribution in [0, 0.1) is 0 Å². The fourth-order valence-corrected chi connectivity index (χ4v) is 3.79. The summed E-state index contributed by atoms with van der Waals surface area (Å²) in [6.45, 7) is 8.10. The van der Waals surface area contributed by atoms with E-state index in [-0.39, 0.29) is 0 Å². The predicted molar refractivity (Wildman–Crippen MR) is 121 cm³/mol. The zero-order chi connectivity index (χ0) is 20.4. The van der Waals surface area contributed by atoms with Crippen LogP contribution < -0.4 is 9.80 Å². The van der Waals surface area contributed by atoms with Gasteiger partial charge in [-0.3, -0.25) is 0 Å². The minimum absolute atomic E-state index is 0.865. The number of benzene rings is 1. The van der Waals surface area contributed by atoms with E-state index < -0.39 is 0 Å². The highest BCUT2D eigenvalue weighted by molar-refractivity contribution is 5.91. The standard InChI is InChI=1S/C21H32N8/c1-25(2)16-22-17-6-5-7-18-19(17)24-21(29-14-10-27(4)11-15-29)20(23-18)28-12-8-26(3)9-13-28/h5-7,16H,8-15H2,1-4H3. The Morgan fingerprint density at radius 3 is 1.93 bits per heavy atom. The first-order valence-corrected chi connectivity index (χ1v) is 10.4. The maximum absolute atomic E-state index is 5.15. The van der Waals surface area contributed by atoms with Crippen LogP contribution in [-0.2, 0) is 0 Å². The Morgan fingerprint density at radius 1 is 0.828 bits per heavy atom. The van der Waals surface area contributed by atoms with Crippen LogP contribution in [0.25, 0.3) is 11.0 Å². The zero-order valence-corrected chi connectivity index (χ0v) is 18.0. The van der Waals surface area contributed by atoms with Gasteiger partial charge in [0.05, 0.1) is 17.5 Å². The molecule has 2 fully saturated rings. The summed E-state index contributed by atoms with van der Waals surface area (Å²) in [4.78, 5) is 26.4. The highest BCUT2D eigenvalue weighted by Gasteiger charge is 2.25. The van der Waals surface area contributed by atoms with E-state index in [1.165, 1.54) is 0 Å². The highest BCUT2D eigenvalue weighted by Crippen LogP contribution is 2.33. The number of likely N-dealkylation sites (N-methyl/N-ethyl adjacent to an activating group) is 2. The summed E-state index contributed by atoms with van der Waals surface area (Å²) < 4.78 is 0. The lowest BCUT2D eigenvalue weighted by atomic mass is 10.2. The Morgan fingerprint density at radius 2 is 1.38 bits per heavy atom. The van der Waals surface area contributed by atoms with Crippen molar-refractivity contribution < 1.29 is 0 Å². The number of hydrogen-bond donors (Lipinski definition) is 0. The number of anilines is 2. The van der Waals surface area contributed by atoms with Crippen LogP contribution in [0.5, 0.6) is 0 Å². The molecule has 156 valence electrons. The van der Waals surface area contributed by atoms with Crippen LogP contribution in [-0.4, -0.2) is 112 Å². The van der Waals surface area contributed by atoms with Crippen molar-refractivity contribution in [1.29, 1.82) is 0 Å². The van der Waals surface area contributed by atoms with Gasteiger partial charge in [0, 0.05) is 66.5 Å². The fourth-order valence-electron chi connectivity index (χ4n) is 3.79. The Labute approximate surface area is 173 Å². The summed E-state index contributed by atoms with van der Waals surface area (Å²) in [5, 5.41) is 0. The molecular weight excluding hydrogens is 364 g/mol. The van der Waals surface area contributed by atoms with Gasteiger partial charge >= 0.3 is 0 Å². The van der Waals surface area contributed by atoms with Crippen LogP contribution in [0.15, 0.2) is 23.2 Å². The molecule has 2 saturated heterocycles. The van der Waals surface area contributed by atoms with E-state index in [1.54, 1.807) is 0 Å². The molecule has 0 spiro atoms. The maximum atomic E-state index is 5.15. The molecule has 2 aromatic rings. The van der Waals surface area contributed by atoms with Crippen molar-refractivity contribution >= 4 is 34.7 Å². The Kier molecular flexibility index (Phi) is 5.82. The summed E-state index contributed by atoms with van der Waals surface area (Å²) in [5.74, 6) is 2.02. The van der Waals surface area contributed by atoms with Gasteiger partial charge in [0.2, 0.25) is 0 Å². The molecule has 29 heavy (non-hydrogen) atoms. The first kappa shape index (κ1) is 19.8. The lowest BCUT2D eigenvalue weighted by Crippen LogP contribution is -2.48. The number of piperazine rings is 2. The quantitative estimate of drug-likeness (QED) is 0.571. The number of aromatic nitrogens is 2. The van der Waals surface area contributed by atoms with E-state index in [2.05, 4.69) is 38.7 Å². The molecule has 3 heterocycles. The Hall–Kier alpha value is -2.45. The van der Waals surface area contributed by atoms with Gasteiger partial charge in [-0.25, -0.2) is 15.0 Å². The molecule has 8 heteroatoms. The molecule has 1 aromatic heterocycles. The van der Waals surface area contributed by atoms with Gasteiger partial charge in [0.1, 0.15) is 5.52 Å². The smallest absolute Gasteiger partial charge is 0.172 e. The Bertz CT molecular complexity index is 864. The third kappa shape index (κ3) is 4.43. The third-order valence-electron chi connectivity index (χ3n) is 5.67. The third-order valence-corrected chi connectivity index (χ3v) is 5.67. The molecule has 0 amide bonds. The van der Waals surface area contributed by atoms with E-state index in [9.17, 15) is 0 Å². The van der Waals surface area contributed by atoms with Gasteiger partial charge in [0.15, 0.2) is 11.6 Å². The van der Waals surface area contributed by atoms with Crippen molar-refractivity contribution in [2.45, 2.75) is 0 Å². The number of hydrogen-bond acceptors (Lipinski definition) is 7. The molecule has 0 saturated carbocycles. The normalized spacial score (nSPS) is 19.4. The lowest BCUT2D eigenvalue weighted by Gasteiger charge is -2.38. The highest BCUT2D eigenvalue weighted by atomic mass is 15.3. The van der Waals surface area contributed by atoms with Crippen molar-refractivity contribution in [2.24, 2.45) is 4.99 Å². The molecule has 0 atom stereocenters. The summed E-state index contributed by atoms with van der Waals surface area (Å²) in [5.41, 5.74) is 2.65. The number of aliphatic imine (C=N–C) groups is 1. The van der Waals surface area contributed by atoms with E-state index in [0.717, 1.165) is 80.7 Å². The lowest BCUT2D eigenvalue weighted by molar-refractivity contribution is 0.308. The predicted octanol–water partition coefficient (Wildman–Crippen LogP) is 1.35. The second kappa shape index (κ2) is 8.51. The molecule has 0 aliphatic carbocycles. The number of para-hydroxylation sites is 1. The molecule has 0 radical (unpaired) electrons. The van der Waals surface area contributed by atoms with Crippen LogP contribution >= 0.6 is 0 Å². The number of fused-ring (bicyclic) bond motifs is 1. The van der Waals surface area contributed by atoms with Gasteiger partial charge in [-0.1, -0.05) is 6.07 Å². The second-order valence-corrected chi connectivity index (χ2v) is 8.30. The van der Waals surface area contributed by atoms with Gasteiger partial charge in [0.25, 0.3) is 0 Å². The van der Waals surface area contributed by atoms with Crippen molar-refractivity contribution in [3.05, 3.63) is 18.2 Å². The molecule has 2 aliphatic heterocycles. The van der Waals surface area contributed by atoms with Gasteiger partial charge in [-0.05, 0) is 26.2 Å². The molecular formula is C21H32N8. The molecule has 0 N–H and O–H groups in total. The summed E-state index contributed by atoms with van der Waals surface area (Å²) in [7, 11) is 8.31. The van der Waals surface area contributed by atoms with E-state index in [4.69, 9.17) is 9.97 Å². The summed E-state index contributed by atoms with van der Waals surface area (Å²) >= 11 is 0. The van der Waals surface area contributed by atoms with Crippen LogP contribution in [0.2, 0.25) is 0 Å². The fraction of sp³-hybridized carbons (Fsp3) is 0.571. The molecule has 0 bridgehead atoms. The van der Waals surface area contributed by atoms with Gasteiger partial charge < -0.3 is 24.5 Å². The molecule has 8 nitrogen and oxygen atoms in total. The summed E-state index contributed by atoms with van der Waals surface area (Å²) in [6.07, 6.45) is 1.82. The van der Waals surface area contributed by atoms with E-state index in [0.29, 0.717) is 0 Å². The average Bonchev–Trinajstić information content (AvgIpc) is 2.72. The van der Waals surface area contributed by atoms with Crippen molar-refractivity contribution in [3.63, 3.8) is 0 Å². The van der Waals surface area contributed by atoms with E-state index in [1.807, 2.05) is 43.5 Å². The number of nitrogens with zero attached hydrogens (tertiary/aromatic N) is 8. The monoisotopic (exact) mass is 396 g/mol. The van der Waals surface area contributed by atoms with Gasteiger partial charge in [-0.15, -0.1) is 0 Å². The zero-order valence-electron chi connectivity index (χ0n) is 18.0. The first-order chi connectivity index (χ1) is 14.0. The molecule has 0 unspecified atom stereocenters. The topological polar surface area (TPSA) is 54.3 Å². The second-order valence-electron chi connectivity index (χ2n) is 8.30. The molecule has 2 aliphatic rings. The molecule has 1 aromatic carbocycles. The SMILES string of the molecule is CN(C)C=Nc1cccc2nc(N3CCN(C)CC3)c(N3CCN(C)CC3)nc12. The number of rotatable bonds is 4. The largest absolute Gasteiger partial charge is 0.369 e. The van der Waals surface area contributed by atoms with Crippen LogP contribution in [0.1, 0.15) is 0 Å².